The number of methoxy groups -OCH3 is 2. The van der Waals surface area contributed by atoms with Crippen LogP contribution in [0.2, 0.25) is 0 Å². The molecule has 0 aliphatic heterocycles. The second-order valence-corrected chi connectivity index (χ2v) is 9.46. The van der Waals surface area contributed by atoms with E-state index in [1.165, 1.54) is 7.11 Å². The molecule has 0 aliphatic carbocycles. The van der Waals surface area contributed by atoms with Crippen LogP contribution in [-0.2, 0) is 29.2 Å². The molecule has 5 aromatic rings. The number of carbonyl (C=O) groups is 2. The Bertz CT molecular complexity index is 1620. The summed E-state index contributed by atoms with van der Waals surface area (Å²) in [5.74, 6) is 0.364. The Balaban J connectivity index is 1.55. The molecule has 0 radical (unpaired) electrons. The highest BCUT2D eigenvalue weighted by molar-refractivity contribution is 5.89. The van der Waals surface area contributed by atoms with Gasteiger partial charge in [-0.25, -0.2) is 4.68 Å². The van der Waals surface area contributed by atoms with E-state index in [1.807, 2.05) is 84.9 Å². The molecule has 0 aliphatic rings. The van der Waals surface area contributed by atoms with Crippen LogP contribution in [0.1, 0.15) is 22.7 Å². The molecule has 9 heteroatoms. The third-order valence-electron chi connectivity index (χ3n) is 6.81. The fraction of sp³-hybridized carbons (Fsp3) is 0.188. The number of benzene rings is 4. The molecular formula is C32H31N5O4. The molecule has 1 heterocycles. The molecule has 0 fully saturated rings. The summed E-state index contributed by atoms with van der Waals surface area (Å²) in [6.07, 6.45) is 0. The largest absolute Gasteiger partial charge is 0.493 e. The van der Waals surface area contributed by atoms with Gasteiger partial charge in [-0.3, -0.25) is 9.59 Å². The minimum Gasteiger partial charge on any atom is -0.493 e. The van der Waals surface area contributed by atoms with Crippen LogP contribution in [0.15, 0.2) is 103 Å². The Kier molecular flexibility index (Phi) is 8.54. The van der Waals surface area contributed by atoms with Gasteiger partial charge in [0.2, 0.25) is 11.8 Å². The number of fused-ring (bicyclic) bond motifs is 1. The molecule has 208 valence electrons. The van der Waals surface area contributed by atoms with E-state index < -0.39 is 6.04 Å². The van der Waals surface area contributed by atoms with Crippen molar-refractivity contribution >= 4 is 22.8 Å². The molecule has 5 rings (SSSR count). The molecule has 0 unspecified atom stereocenters. The SMILES string of the molecule is COc1ccc([C@@H](C(=O)NCc2ccccc2)N(Cc2ccccc2)C(=O)Cn2nnc3ccccc32)cc1OC. The Morgan fingerprint density at radius 2 is 1.49 bits per heavy atom. The van der Waals surface area contributed by atoms with Crippen molar-refractivity contribution in [3.8, 4) is 11.5 Å². The molecule has 1 N–H and O–H groups in total. The first-order chi connectivity index (χ1) is 20.1. The Labute approximate surface area is 238 Å². The number of ether oxygens (including phenoxy) is 2. The number of hydrogen-bond acceptors (Lipinski definition) is 6. The van der Waals surface area contributed by atoms with Crippen molar-refractivity contribution in [1.29, 1.82) is 0 Å². The minimum absolute atomic E-state index is 0.0941. The van der Waals surface area contributed by atoms with Gasteiger partial charge in [-0.15, -0.1) is 5.10 Å². The molecule has 4 aromatic carbocycles. The van der Waals surface area contributed by atoms with Gasteiger partial charge in [-0.2, -0.15) is 0 Å². The maximum absolute atomic E-state index is 14.1. The van der Waals surface area contributed by atoms with Gasteiger partial charge in [0.05, 0.1) is 19.7 Å². The number of hydrogen-bond donors (Lipinski definition) is 1. The van der Waals surface area contributed by atoms with Crippen molar-refractivity contribution in [2.75, 3.05) is 14.2 Å². The van der Waals surface area contributed by atoms with Gasteiger partial charge in [0.1, 0.15) is 18.1 Å². The highest BCUT2D eigenvalue weighted by Crippen LogP contribution is 2.33. The van der Waals surface area contributed by atoms with Crippen molar-refractivity contribution in [3.05, 3.63) is 120 Å². The van der Waals surface area contributed by atoms with E-state index >= 15 is 0 Å². The quantitative estimate of drug-likeness (QED) is 0.260. The normalized spacial score (nSPS) is 11.6. The van der Waals surface area contributed by atoms with E-state index in [9.17, 15) is 9.59 Å². The standard InChI is InChI=1S/C32H31N5O4/c1-40-28-18-17-25(19-29(28)41-2)31(32(39)33-20-23-11-5-3-6-12-23)36(21-24-13-7-4-8-14-24)30(38)22-37-27-16-10-9-15-26(27)34-35-37/h3-19,31H,20-22H2,1-2H3,(H,33,39)/t31-/m0/s1. The number of aromatic nitrogens is 3. The lowest BCUT2D eigenvalue weighted by Crippen LogP contribution is -2.44. The molecule has 41 heavy (non-hydrogen) atoms. The van der Waals surface area contributed by atoms with Crippen molar-refractivity contribution in [3.63, 3.8) is 0 Å². The van der Waals surface area contributed by atoms with Gasteiger partial charge in [0.25, 0.3) is 0 Å². The van der Waals surface area contributed by atoms with Crippen LogP contribution in [0, 0.1) is 0 Å². The van der Waals surface area contributed by atoms with E-state index in [1.54, 1.807) is 34.9 Å². The Hall–Kier alpha value is -5.18. The first-order valence-electron chi connectivity index (χ1n) is 13.2. The summed E-state index contributed by atoms with van der Waals surface area (Å²) in [7, 11) is 3.09. The van der Waals surface area contributed by atoms with Crippen molar-refractivity contribution in [2.24, 2.45) is 0 Å². The summed E-state index contributed by atoms with van der Waals surface area (Å²) in [6, 6.07) is 31.0. The van der Waals surface area contributed by atoms with Gasteiger partial charge in [-0.1, -0.05) is 84.1 Å². The van der Waals surface area contributed by atoms with Crippen molar-refractivity contribution in [1.82, 2.24) is 25.2 Å². The van der Waals surface area contributed by atoms with Gasteiger partial charge in [-0.05, 0) is 41.0 Å². The van der Waals surface area contributed by atoms with Crippen LogP contribution in [0.5, 0.6) is 11.5 Å². The van der Waals surface area contributed by atoms with Gasteiger partial charge in [0, 0.05) is 13.1 Å². The monoisotopic (exact) mass is 549 g/mol. The predicted molar refractivity (Wildman–Crippen MR) is 155 cm³/mol. The summed E-state index contributed by atoms with van der Waals surface area (Å²) in [6.45, 7) is 0.414. The third-order valence-corrected chi connectivity index (χ3v) is 6.81. The average Bonchev–Trinajstić information content (AvgIpc) is 3.43. The lowest BCUT2D eigenvalue weighted by Gasteiger charge is -2.32. The molecule has 0 saturated carbocycles. The third kappa shape index (κ3) is 6.36. The zero-order valence-corrected chi connectivity index (χ0v) is 22.9. The number of para-hydroxylation sites is 1. The molecule has 0 bridgehead atoms. The van der Waals surface area contributed by atoms with E-state index in [-0.39, 0.29) is 24.9 Å². The first kappa shape index (κ1) is 27.4. The van der Waals surface area contributed by atoms with Gasteiger partial charge < -0.3 is 19.7 Å². The maximum atomic E-state index is 14.1. The second kappa shape index (κ2) is 12.8. The van der Waals surface area contributed by atoms with Crippen molar-refractivity contribution < 1.29 is 19.1 Å². The summed E-state index contributed by atoms with van der Waals surface area (Å²) in [5, 5.41) is 11.4. The number of amides is 2. The zero-order valence-electron chi connectivity index (χ0n) is 22.9. The molecule has 9 nitrogen and oxygen atoms in total. The molecule has 0 saturated heterocycles. The van der Waals surface area contributed by atoms with Gasteiger partial charge >= 0.3 is 0 Å². The molecular weight excluding hydrogens is 518 g/mol. The van der Waals surface area contributed by atoms with Crippen molar-refractivity contribution in [2.45, 2.75) is 25.7 Å². The summed E-state index contributed by atoms with van der Waals surface area (Å²) in [5.41, 5.74) is 3.83. The lowest BCUT2D eigenvalue weighted by molar-refractivity contribution is -0.142. The Morgan fingerprint density at radius 3 is 2.20 bits per heavy atom. The summed E-state index contributed by atoms with van der Waals surface area (Å²) < 4.78 is 12.5. The number of nitrogens with zero attached hydrogens (tertiary/aromatic N) is 4. The van der Waals surface area contributed by atoms with E-state index in [4.69, 9.17) is 9.47 Å². The van der Waals surface area contributed by atoms with Crippen LogP contribution < -0.4 is 14.8 Å². The zero-order chi connectivity index (χ0) is 28.6. The molecule has 1 aromatic heterocycles. The lowest BCUT2D eigenvalue weighted by atomic mass is 10.0. The number of nitrogens with one attached hydrogen (secondary N) is 1. The maximum Gasteiger partial charge on any atom is 0.247 e. The second-order valence-electron chi connectivity index (χ2n) is 9.46. The smallest absolute Gasteiger partial charge is 0.247 e. The van der Waals surface area contributed by atoms with Crippen LogP contribution in [0.3, 0.4) is 0 Å². The van der Waals surface area contributed by atoms with E-state index in [0.717, 1.165) is 16.6 Å². The molecule has 0 spiro atoms. The topological polar surface area (TPSA) is 98.6 Å². The van der Waals surface area contributed by atoms with E-state index in [0.29, 0.717) is 29.1 Å². The highest BCUT2D eigenvalue weighted by Gasteiger charge is 2.33. The summed E-state index contributed by atoms with van der Waals surface area (Å²) >= 11 is 0. The minimum atomic E-state index is -0.971. The molecule has 1 atom stereocenters. The van der Waals surface area contributed by atoms with Crippen LogP contribution in [-0.4, -0.2) is 45.9 Å². The van der Waals surface area contributed by atoms with Gasteiger partial charge in [0.15, 0.2) is 11.5 Å². The number of carbonyl (C=O) groups excluding carboxylic acids is 2. The van der Waals surface area contributed by atoms with Crippen LogP contribution in [0.25, 0.3) is 11.0 Å². The summed E-state index contributed by atoms with van der Waals surface area (Å²) in [4.78, 5) is 29.7. The Morgan fingerprint density at radius 1 is 0.829 bits per heavy atom. The fourth-order valence-electron chi connectivity index (χ4n) is 4.73. The highest BCUT2D eigenvalue weighted by atomic mass is 16.5. The van der Waals surface area contributed by atoms with Crippen LogP contribution in [0.4, 0.5) is 0 Å². The van der Waals surface area contributed by atoms with Crippen LogP contribution >= 0.6 is 0 Å². The number of rotatable bonds is 11. The van der Waals surface area contributed by atoms with E-state index in [2.05, 4.69) is 15.6 Å². The predicted octanol–water partition coefficient (Wildman–Crippen LogP) is 4.54. The first-order valence-corrected chi connectivity index (χ1v) is 13.2. The average molecular weight is 550 g/mol. The molecule has 2 amide bonds. The fourth-order valence-corrected chi connectivity index (χ4v) is 4.73.